The van der Waals surface area contributed by atoms with Crippen LogP contribution in [-0.4, -0.2) is 44.9 Å². The van der Waals surface area contributed by atoms with Gasteiger partial charge in [0.05, 0.1) is 0 Å². The molecule has 1 aliphatic heterocycles. The highest BCUT2D eigenvalue weighted by Gasteiger charge is 2.33. The number of aromatic nitrogens is 2. The summed E-state index contributed by atoms with van der Waals surface area (Å²) in [7, 11) is 0. The summed E-state index contributed by atoms with van der Waals surface area (Å²) < 4.78 is 1.22. The maximum Gasteiger partial charge on any atom is 0.330 e. The van der Waals surface area contributed by atoms with Crippen molar-refractivity contribution < 1.29 is 14.4 Å². The van der Waals surface area contributed by atoms with Gasteiger partial charge in [0.15, 0.2) is 0 Å². The summed E-state index contributed by atoms with van der Waals surface area (Å²) in [5.41, 5.74) is 0. The van der Waals surface area contributed by atoms with E-state index >= 15 is 0 Å². The number of hydrogen-bond donors (Lipinski definition) is 1. The predicted octanol–water partition coefficient (Wildman–Crippen LogP) is -0.802. The van der Waals surface area contributed by atoms with Gasteiger partial charge >= 0.3 is 6.03 Å². The minimum Gasteiger partial charge on any atom is -0.303 e. The minimum atomic E-state index is -0.660. The van der Waals surface area contributed by atoms with Crippen molar-refractivity contribution in [3.63, 3.8) is 0 Å². The molecule has 1 aliphatic rings. The first kappa shape index (κ1) is 10.3. The molecule has 3 amide bonds. The topological polar surface area (TPSA) is 84.3 Å². The van der Waals surface area contributed by atoms with Gasteiger partial charge in [-0.05, 0) is 6.92 Å². The summed E-state index contributed by atoms with van der Waals surface area (Å²) in [6.45, 7) is 1.44. The van der Waals surface area contributed by atoms with Crippen molar-refractivity contribution in [2.45, 2.75) is 13.0 Å². The van der Waals surface area contributed by atoms with E-state index < -0.39 is 23.9 Å². The van der Waals surface area contributed by atoms with Crippen molar-refractivity contribution in [1.82, 2.24) is 19.8 Å². The second-order valence-electron chi connectivity index (χ2n) is 3.47. The quantitative estimate of drug-likeness (QED) is 0.582. The van der Waals surface area contributed by atoms with Crippen molar-refractivity contribution in [2.24, 2.45) is 0 Å². The fourth-order valence-corrected chi connectivity index (χ4v) is 1.47. The summed E-state index contributed by atoms with van der Waals surface area (Å²) in [5, 5.41) is 2.16. The summed E-state index contributed by atoms with van der Waals surface area (Å²) in [6.07, 6.45) is 4.24. The summed E-state index contributed by atoms with van der Waals surface area (Å²) in [4.78, 5) is 39.3. The Kier molecular flexibility index (Phi) is 2.43. The molecule has 1 aromatic rings. The molecule has 0 radical (unpaired) electrons. The van der Waals surface area contributed by atoms with Crippen LogP contribution in [0.15, 0.2) is 18.7 Å². The molecule has 0 bridgehead atoms. The number of hydrogen-bond acceptors (Lipinski definition) is 4. The Morgan fingerprint density at radius 3 is 2.94 bits per heavy atom. The second kappa shape index (κ2) is 3.76. The first-order valence-electron chi connectivity index (χ1n) is 4.72. The van der Waals surface area contributed by atoms with E-state index in [4.69, 9.17) is 0 Å². The summed E-state index contributed by atoms with van der Waals surface area (Å²) in [6, 6.07) is -1.10. The molecule has 0 aliphatic carbocycles. The zero-order valence-corrected chi connectivity index (χ0v) is 8.58. The fourth-order valence-electron chi connectivity index (χ4n) is 1.47. The van der Waals surface area contributed by atoms with Crippen molar-refractivity contribution in [2.75, 3.05) is 6.54 Å². The van der Waals surface area contributed by atoms with E-state index in [2.05, 4.69) is 10.3 Å². The number of rotatable bonds is 0. The van der Waals surface area contributed by atoms with Crippen LogP contribution in [0.1, 0.15) is 6.92 Å². The van der Waals surface area contributed by atoms with Gasteiger partial charge in [-0.2, -0.15) is 0 Å². The van der Waals surface area contributed by atoms with Gasteiger partial charge < -0.3 is 4.90 Å². The molecule has 1 N–H and O–H groups in total. The molecule has 0 spiro atoms. The molecule has 0 saturated carbocycles. The lowest BCUT2D eigenvalue weighted by molar-refractivity contribution is -0.137. The molecule has 1 aromatic heterocycles. The van der Waals surface area contributed by atoms with Gasteiger partial charge in [0.25, 0.3) is 0 Å². The molecule has 1 unspecified atom stereocenters. The van der Waals surface area contributed by atoms with Gasteiger partial charge in [0.2, 0.25) is 11.8 Å². The largest absolute Gasteiger partial charge is 0.330 e. The number of piperazine rings is 1. The van der Waals surface area contributed by atoms with Gasteiger partial charge in [-0.15, -0.1) is 0 Å². The first-order valence-corrected chi connectivity index (χ1v) is 4.72. The van der Waals surface area contributed by atoms with Crippen LogP contribution in [0, 0.1) is 0 Å². The summed E-state index contributed by atoms with van der Waals surface area (Å²) in [5.74, 6) is -0.943. The number of nitrogens with one attached hydrogen (secondary N) is 1. The lowest BCUT2D eigenvalue weighted by Crippen LogP contribution is -2.59. The van der Waals surface area contributed by atoms with Crippen LogP contribution in [0.4, 0.5) is 4.79 Å². The molecule has 1 atom stereocenters. The average molecular weight is 222 g/mol. The zero-order valence-electron chi connectivity index (χ0n) is 8.58. The molecule has 1 fully saturated rings. The van der Waals surface area contributed by atoms with E-state index in [1.807, 2.05) is 0 Å². The van der Waals surface area contributed by atoms with Crippen LogP contribution in [0.5, 0.6) is 0 Å². The van der Waals surface area contributed by atoms with Gasteiger partial charge in [0.1, 0.15) is 18.9 Å². The monoisotopic (exact) mass is 222 g/mol. The number of imidazole rings is 1. The number of nitrogens with zero attached hydrogens (tertiary/aromatic N) is 3. The Bertz CT molecular complexity index is 440. The van der Waals surface area contributed by atoms with E-state index in [1.54, 1.807) is 6.92 Å². The van der Waals surface area contributed by atoms with Gasteiger partial charge in [-0.25, -0.2) is 9.78 Å². The minimum absolute atomic E-state index is 0.121. The maximum atomic E-state index is 11.9. The van der Waals surface area contributed by atoms with Gasteiger partial charge in [0, 0.05) is 12.4 Å². The number of carbonyl (C=O) groups is 3. The number of imide groups is 1. The highest BCUT2D eigenvalue weighted by Crippen LogP contribution is 2.07. The normalized spacial score (nSPS) is 20.8. The Morgan fingerprint density at radius 1 is 1.56 bits per heavy atom. The molecule has 16 heavy (non-hydrogen) atoms. The first-order chi connectivity index (χ1) is 7.59. The van der Waals surface area contributed by atoms with E-state index in [-0.39, 0.29) is 6.54 Å². The summed E-state index contributed by atoms with van der Waals surface area (Å²) >= 11 is 0. The molecule has 7 heteroatoms. The Morgan fingerprint density at radius 2 is 2.31 bits per heavy atom. The number of carbonyl (C=O) groups excluding carboxylic acids is 3. The molecule has 1 saturated heterocycles. The van der Waals surface area contributed by atoms with Gasteiger partial charge in [-0.1, -0.05) is 0 Å². The van der Waals surface area contributed by atoms with Crippen LogP contribution in [0.3, 0.4) is 0 Å². The van der Waals surface area contributed by atoms with E-state index in [1.165, 1.54) is 28.2 Å². The van der Waals surface area contributed by atoms with Crippen molar-refractivity contribution >= 4 is 17.8 Å². The highest BCUT2D eigenvalue weighted by molar-refractivity contribution is 6.04. The molecule has 7 nitrogen and oxygen atoms in total. The molecule has 2 heterocycles. The van der Waals surface area contributed by atoms with E-state index in [0.29, 0.717) is 0 Å². The van der Waals surface area contributed by atoms with Crippen molar-refractivity contribution in [3.05, 3.63) is 18.7 Å². The number of amides is 3. The Hall–Kier alpha value is -2.18. The third kappa shape index (κ3) is 1.67. The standard InChI is InChI=1S/C9H10N4O3/c1-6-8(15)11-7(14)4-13(6)9(16)12-3-2-10-5-12/h2-3,5-6H,4H2,1H3,(H,11,14,15). The fraction of sp³-hybridized carbons (Fsp3) is 0.333. The zero-order chi connectivity index (χ0) is 11.7. The maximum absolute atomic E-state index is 11.9. The molecule has 0 aromatic carbocycles. The predicted molar refractivity (Wildman–Crippen MR) is 52.3 cm³/mol. The van der Waals surface area contributed by atoms with E-state index in [0.717, 1.165) is 0 Å². The van der Waals surface area contributed by atoms with Crippen LogP contribution in [0.25, 0.3) is 0 Å². The molecule has 84 valence electrons. The van der Waals surface area contributed by atoms with Gasteiger partial charge in [-0.3, -0.25) is 19.5 Å². The molecule has 2 rings (SSSR count). The third-order valence-corrected chi connectivity index (χ3v) is 2.39. The average Bonchev–Trinajstić information content (AvgIpc) is 2.75. The van der Waals surface area contributed by atoms with Crippen molar-refractivity contribution in [3.8, 4) is 0 Å². The van der Waals surface area contributed by atoms with Crippen molar-refractivity contribution in [1.29, 1.82) is 0 Å². The SMILES string of the molecule is CC1C(=O)NC(=O)CN1C(=O)n1ccnc1. The molecular weight excluding hydrogens is 212 g/mol. The third-order valence-electron chi connectivity index (χ3n) is 2.39. The Balaban J connectivity index is 2.23. The van der Waals surface area contributed by atoms with Crippen LogP contribution in [0.2, 0.25) is 0 Å². The van der Waals surface area contributed by atoms with Crippen LogP contribution < -0.4 is 5.32 Å². The highest BCUT2D eigenvalue weighted by atomic mass is 16.2. The second-order valence-corrected chi connectivity index (χ2v) is 3.47. The van der Waals surface area contributed by atoms with Crippen LogP contribution >= 0.6 is 0 Å². The lowest BCUT2D eigenvalue weighted by atomic mass is 10.2. The van der Waals surface area contributed by atoms with E-state index in [9.17, 15) is 14.4 Å². The van der Waals surface area contributed by atoms with Crippen LogP contribution in [-0.2, 0) is 9.59 Å². The lowest BCUT2D eigenvalue weighted by Gasteiger charge is -2.31. The Labute approximate surface area is 91.0 Å². The smallest absolute Gasteiger partial charge is 0.303 e. The molecular formula is C9H10N4O3.